The molecule has 0 spiro atoms. The summed E-state index contributed by atoms with van der Waals surface area (Å²) in [6.45, 7) is 10.1. The molecule has 0 bridgehead atoms. The molecule has 2 heterocycles. The first-order valence-corrected chi connectivity index (χ1v) is 10.4. The molecule has 3 aromatic rings. The Morgan fingerprint density at radius 2 is 1.55 bits per heavy atom. The monoisotopic (exact) mass is 442 g/mol. The fourth-order valence-electron chi connectivity index (χ4n) is 4.11. The van der Waals surface area contributed by atoms with Gasteiger partial charge in [0, 0.05) is 37.4 Å². The summed E-state index contributed by atoms with van der Waals surface area (Å²) in [5.74, 6) is 1.71. The number of hydrogen-bond acceptors (Lipinski definition) is 6. The molecule has 1 fully saturated rings. The van der Waals surface area contributed by atoms with Gasteiger partial charge in [0.05, 0.1) is 12.6 Å². The highest BCUT2D eigenvalue weighted by atomic mass is 35.5. The first kappa shape index (κ1) is 23.0. The van der Waals surface area contributed by atoms with Crippen molar-refractivity contribution < 1.29 is 4.74 Å². The summed E-state index contributed by atoms with van der Waals surface area (Å²) in [4.78, 5) is 4.90. The number of benzene rings is 2. The summed E-state index contributed by atoms with van der Waals surface area (Å²) in [7, 11) is 1.72. The van der Waals surface area contributed by atoms with Crippen LogP contribution in [0.5, 0.6) is 5.75 Å². The van der Waals surface area contributed by atoms with Crippen molar-refractivity contribution in [3.63, 3.8) is 0 Å². The van der Waals surface area contributed by atoms with Gasteiger partial charge in [0.1, 0.15) is 11.8 Å². The Balaban J connectivity index is 0.00000272. The second kappa shape index (κ2) is 9.66. The molecule has 166 valence electrons. The molecule has 2 aromatic carbocycles. The third-order valence-electron chi connectivity index (χ3n) is 5.61. The van der Waals surface area contributed by atoms with E-state index >= 15 is 0 Å². The highest BCUT2D eigenvalue weighted by molar-refractivity contribution is 5.85. The summed E-state index contributed by atoms with van der Waals surface area (Å²) < 4.78 is 7.65. The highest BCUT2D eigenvalue weighted by Gasteiger charge is 2.34. The molecule has 0 aliphatic carbocycles. The lowest BCUT2D eigenvalue weighted by Gasteiger charge is -2.40. The summed E-state index contributed by atoms with van der Waals surface area (Å²) >= 11 is 0. The normalized spacial score (nSPS) is 15.9. The minimum absolute atomic E-state index is 0. The number of methoxy groups -OCH3 is 1. The summed E-state index contributed by atoms with van der Waals surface area (Å²) in [5, 5.41) is 12.8. The van der Waals surface area contributed by atoms with Crippen LogP contribution in [-0.2, 0) is 5.54 Å². The second-order valence-corrected chi connectivity index (χ2v) is 8.62. The maximum absolute atomic E-state index is 5.72. The molecule has 1 aromatic heterocycles. The van der Waals surface area contributed by atoms with Crippen molar-refractivity contribution in [2.45, 2.75) is 32.4 Å². The van der Waals surface area contributed by atoms with Gasteiger partial charge in [-0.25, -0.2) is 4.68 Å². The Morgan fingerprint density at radius 1 is 0.903 bits per heavy atom. The molecule has 0 amide bonds. The smallest absolute Gasteiger partial charge is 0.173 e. The Labute approximate surface area is 190 Å². The van der Waals surface area contributed by atoms with Gasteiger partial charge in [-0.15, -0.1) is 17.5 Å². The van der Waals surface area contributed by atoms with Gasteiger partial charge in [-0.05, 0) is 49.4 Å². The number of aromatic nitrogens is 4. The van der Waals surface area contributed by atoms with E-state index in [1.54, 1.807) is 7.11 Å². The SMILES string of the molecule is COc1ccccc1C(c1nnnn1C(C)(C)C)N1CCN(c2ccccc2)CC1.Cl. The number of piperazine rings is 1. The topological polar surface area (TPSA) is 59.3 Å². The third-order valence-corrected chi connectivity index (χ3v) is 5.61. The molecule has 0 radical (unpaired) electrons. The van der Waals surface area contributed by atoms with Crippen LogP contribution in [0.2, 0.25) is 0 Å². The van der Waals surface area contributed by atoms with Gasteiger partial charge in [0.2, 0.25) is 0 Å². The van der Waals surface area contributed by atoms with E-state index in [-0.39, 0.29) is 24.0 Å². The molecule has 1 atom stereocenters. The quantitative estimate of drug-likeness (QED) is 0.599. The largest absolute Gasteiger partial charge is 0.496 e. The zero-order valence-corrected chi connectivity index (χ0v) is 19.4. The molecule has 1 unspecified atom stereocenters. The number of para-hydroxylation sites is 2. The summed E-state index contributed by atoms with van der Waals surface area (Å²) in [6, 6.07) is 18.7. The van der Waals surface area contributed by atoms with E-state index in [9.17, 15) is 0 Å². The van der Waals surface area contributed by atoms with Crippen LogP contribution in [-0.4, -0.2) is 58.4 Å². The average Bonchev–Trinajstić information content (AvgIpc) is 3.25. The fraction of sp³-hybridized carbons (Fsp3) is 0.435. The minimum atomic E-state index is -0.217. The van der Waals surface area contributed by atoms with Crippen LogP contribution >= 0.6 is 12.4 Å². The standard InChI is InChI=1S/C23H30N6O.ClH/c1-23(2,3)29-22(24-25-26-29)21(19-12-8-9-13-20(19)30-4)28-16-14-27(15-17-28)18-10-6-5-7-11-18;/h5-13,21H,14-17H2,1-4H3;1H. The molecule has 1 aliphatic heterocycles. The van der Waals surface area contributed by atoms with Gasteiger partial charge in [-0.2, -0.15) is 0 Å². The second-order valence-electron chi connectivity index (χ2n) is 8.62. The van der Waals surface area contributed by atoms with Crippen molar-refractivity contribution in [2.24, 2.45) is 0 Å². The number of hydrogen-bond donors (Lipinski definition) is 0. The summed E-state index contributed by atoms with van der Waals surface area (Å²) in [6.07, 6.45) is 0. The number of rotatable bonds is 5. The van der Waals surface area contributed by atoms with E-state index in [2.05, 4.69) is 88.6 Å². The van der Waals surface area contributed by atoms with Gasteiger partial charge in [-0.1, -0.05) is 36.4 Å². The number of nitrogens with zero attached hydrogens (tertiary/aromatic N) is 6. The Bertz CT molecular complexity index is 963. The number of ether oxygens (including phenoxy) is 1. The average molecular weight is 443 g/mol. The van der Waals surface area contributed by atoms with E-state index in [0.29, 0.717) is 0 Å². The van der Waals surface area contributed by atoms with E-state index in [4.69, 9.17) is 4.74 Å². The molecule has 31 heavy (non-hydrogen) atoms. The molecule has 7 nitrogen and oxygen atoms in total. The molecule has 0 saturated carbocycles. The first-order chi connectivity index (χ1) is 14.5. The van der Waals surface area contributed by atoms with Crippen LogP contribution in [0.4, 0.5) is 5.69 Å². The highest BCUT2D eigenvalue weighted by Crippen LogP contribution is 2.35. The zero-order chi connectivity index (χ0) is 21.1. The minimum Gasteiger partial charge on any atom is -0.496 e. The number of anilines is 1. The van der Waals surface area contributed by atoms with Gasteiger partial charge >= 0.3 is 0 Å². The van der Waals surface area contributed by atoms with E-state index in [1.165, 1.54) is 5.69 Å². The lowest BCUT2D eigenvalue weighted by molar-refractivity contribution is 0.188. The number of halogens is 1. The van der Waals surface area contributed by atoms with Gasteiger partial charge in [0.15, 0.2) is 5.82 Å². The predicted molar refractivity (Wildman–Crippen MR) is 125 cm³/mol. The molecule has 0 N–H and O–H groups in total. The Morgan fingerprint density at radius 3 is 2.19 bits per heavy atom. The Hall–Kier alpha value is -2.64. The van der Waals surface area contributed by atoms with Crippen LogP contribution in [0.25, 0.3) is 0 Å². The maximum Gasteiger partial charge on any atom is 0.173 e. The van der Waals surface area contributed by atoms with Crippen LogP contribution < -0.4 is 9.64 Å². The molecule has 1 aliphatic rings. The van der Waals surface area contributed by atoms with Crippen LogP contribution in [0.1, 0.15) is 38.2 Å². The van der Waals surface area contributed by atoms with Crippen molar-refractivity contribution >= 4 is 18.1 Å². The van der Waals surface area contributed by atoms with E-state index in [1.807, 2.05) is 16.8 Å². The fourth-order valence-corrected chi connectivity index (χ4v) is 4.11. The molecule has 1 saturated heterocycles. The Kier molecular flexibility index (Phi) is 7.18. The van der Waals surface area contributed by atoms with Crippen molar-refractivity contribution in [1.29, 1.82) is 0 Å². The van der Waals surface area contributed by atoms with Crippen molar-refractivity contribution in [2.75, 3.05) is 38.2 Å². The summed E-state index contributed by atoms with van der Waals surface area (Å²) in [5.41, 5.74) is 2.14. The van der Waals surface area contributed by atoms with Crippen LogP contribution in [0, 0.1) is 0 Å². The molecule has 4 rings (SSSR count). The predicted octanol–water partition coefficient (Wildman–Crippen LogP) is 3.77. The molecular formula is C23H31ClN6O. The van der Waals surface area contributed by atoms with Gasteiger partial charge in [0.25, 0.3) is 0 Å². The first-order valence-electron chi connectivity index (χ1n) is 10.4. The lowest BCUT2D eigenvalue weighted by Crippen LogP contribution is -2.48. The van der Waals surface area contributed by atoms with Crippen LogP contribution in [0.3, 0.4) is 0 Å². The van der Waals surface area contributed by atoms with Gasteiger partial charge in [-0.3, -0.25) is 4.90 Å². The van der Waals surface area contributed by atoms with Crippen molar-refractivity contribution in [3.05, 3.63) is 66.0 Å². The van der Waals surface area contributed by atoms with Crippen LogP contribution in [0.15, 0.2) is 54.6 Å². The third kappa shape index (κ3) is 4.83. The van der Waals surface area contributed by atoms with E-state index < -0.39 is 0 Å². The van der Waals surface area contributed by atoms with E-state index in [0.717, 1.165) is 43.3 Å². The zero-order valence-electron chi connectivity index (χ0n) is 18.6. The van der Waals surface area contributed by atoms with Gasteiger partial charge < -0.3 is 9.64 Å². The number of tetrazole rings is 1. The maximum atomic E-state index is 5.72. The molecule has 8 heteroatoms. The lowest BCUT2D eigenvalue weighted by atomic mass is 10.0. The molecular weight excluding hydrogens is 412 g/mol. The van der Waals surface area contributed by atoms with Crippen molar-refractivity contribution in [3.8, 4) is 5.75 Å². The van der Waals surface area contributed by atoms with Crippen molar-refractivity contribution in [1.82, 2.24) is 25.1 Å².